The molecule has 8 nitrogen and oxygen atoms in total. The topological polar surface area (TPSA) is 132 Å². The van der Waals surface area contributed by atoms with Gasteiger partial charge in [-0.15, -0.1) is 11.3 Å². The lowest BCUT2D eigenvalue weighted by atomic mass is 9.99. The number of rotatable bonds is 7. The van der Waals surface area contributed by atoms with E-state index >= 15 is 0 Å². The molecule has 2 aromatic heterocycles. The molecule has 3 heterocycles. The fourth-order valence-corrected chi connectivity index (χ4v) is 5.74. The van der Waals surface area contributed by atoms with E-state index in [0.717, 1.165) is 45.8 Å². The minimum absolute atomic E-state index is 0.0704. The standard InChI is InChI=1S/C32H33ClN6O2S/c1-20-21(2)42-32-29(20)30(23-11-13-24(33)14-12-23)38-27(31(36)39(32)22(3)35)19-28(40)37-18-8-10-26-16-15-25(41-26)9-6-4-5-7-17-34/h11-16,27,35-36H,4-5,7,17-19,34H2,1-3H3,(H,37,40)/t27-/m0/s1. The Hall–Kier alpha value is -4.15. The lowest BCUT2D eigenvalue weighted by Crippen LogP contribution is -2.42. The van der Waals surface area contributed by atoms with Gasteiger partial charge in [0.15, 0.2) is 11.5 Å². The van der Waals surface area contributed by atoms with E-state index in [2.05, 4.69) is 29.0 Å². The van der Waals surface area contributed by atoms with Crippen molar-refractivity contribution in [3.63, 3.8) is 0 Å². The number of hydrogen-bond donors (Lipinski definition) is 4. The number of hydrogen-bond acceptors (Lipinski definition) is 7. The molecule has 216 valence electrons. The van der Waals surface area contributed by atoms with Crippen LogP contribution in [0.1, 0.15) is 65.7 Å². The number of carbonyl (C=O) groups excluding carboxylic acids is 1. The number of nitrogens with two attached hydrogens (primary N) is 1. The monoisotopic (exact) mass is 600 g/mol. The molecule has 0 saturated carbocycles. The van der Waals surface area contributed by atoms with E-state index in [1.54, 1.807) is 36.1 Å². The number of nitrogens with zero attached hydrogens (tertiary/aromatic N) is 2. The number of unbranched alkanes of at least 4 members (excludes halogenated alkanes) is 2. The van der Waals surface area contributed by atoms with Crippen molar-refractivity contribution in [2.24, 2.45) is 10.7 Å². The second-order valence-electron chi connectivity index (χ2n) is 9.76. The first-order chi connectivity index (χ1) is 20.2. The van der Waals surface area contributed by atoms with E-state index in [0.29, 0.717) is 28.8 Å². The van der Waals surface area contributed by atoms with Crippen LogP contribution in [0.15, 0.2) is 45.8 Å². The molecule has 10 heteroatoms. The number of anilines is 1. The van der Waals surface area contributed by atoms with Gasteiger partial charge in [-0.1, -0.05) is 35.6 Å². The summed E-state index contributed by atoms with van der Waals surface area (Å²) in [5.41, 5.74) is 8.89. The predicted octanol–water partition coefficient (Wildman–Crippen LogP) is 5.65. The quantitative estimate of drug-likeness (QED) is 0.121. The van der Waals surface area contributed by atoms with Crippen LogP contribution in [-0.2, 0) is 4.79 Å². The lowest BCUT2D eigenvalue weighted by Gasteiger charge is -2.24. The summed E-state index contributed by atoms with van der Waals surface area (Å²) in [7, 11) is 0. The molecule has 0 aliphatic carbocycles. The number of aryl methyl sites for hydroxylation is 1. The maximum Gasteiger partial charge on any atom is 0.223 e. The third-order valence-electron chi connectivity index (χ3n) is 6.64. The Morgan fingerprint density at radius 3 is 2.50 bits per heavy atom. The van der Waals surface area contributed by atoms with Crippen LogP contribution in [-0.4, -0.2) is 42.4 Å². The second kappa shape index (κ2) is 14.2. The van der Waals surface area contributed by atoms with Crippen LogP contribution < -0.4 is 16.0 Å². The highest BCUT2D eigenvalue weighted by Crippen LogP contribution is 2.40. The summed E-state index contributed by atoms with van der Waals surface area (Å²) in [6.07, 6.45) is 2.60. The molecule has 4 rings (SSSR count). The summed E-state index contributed by atoms with van der Waals surface area (Å²) < 4.78 is 5.62. The van der Waals surface area contributed by atoms with Gasteiger partial charge in [-0.2, -0.15) is 0 Å². The maximum atomic E-state index is 13.0. The van der Waals surface area contributed by atoms with E-state index in [4.69, 9.17) is 37.6 Å². The minimum atomic E-state index is -0.806. The fraction of sp³-hybridized carbons (Fsp3) is 0.312. The molecule has 5 N–H and O–H groups in total. The largest absolute Gasteiger partial charge is 0.439 e. The third-order valence-corrected chi connectivity index (χ3v) is 8.08. The van der Waals surface area contributed by atoms with Crippen molar-refractivity contribution < 1.29 is 9.21 Å². The van der Waals surface area contributed by atoms with Gasteiger partial charge in [0.1, 0.15) is 22.7 Å². The van der Waals surface area contributed by atoms with Crippen LogP contribution in [0.2, 0.25) is 5.02 Å². The highest BCUT2D eigenvalue weighted by atomic mass is 35.5. The number of furan rings is 1. The highest BCUT2D eigenvalue weighted by Gasteiger charge is 2.34. The Labute approximate surface area is 255 Å². The van der Waals surface area contributed by atoms with Crippen LogP contribution in [0.4, 0.5) is 5.00 Å². The molecule has 1 aliphatic heterocycles. The molecule has 1 atom stereocenters. The molecular formula is C32H33ClN6O2S. The Morgan fingerprint density at radius 1 is 1.14 bits per heavy atom. The SMILES string of the molecule is CC(=N)N1C(=N)[C@H](CC(=O)NCC#Cc2ccc(C#CCCCCN)o2)N=C(c2ccc(Cl)cc2)c2c1sc(C)c2C. The van der Waals surface area contributed by atoms with Gasteiger partial charge in [-0.05, 0) is 81.8 Å². The summed E-state index contributed by atoms with van der Waals surface area (Å²) in [6, 6.07) is 10.1. The zero-order valence-electron chi connectivity index (χ0n) is 23.9. The number of benzene rings is 1. The molecule has 0 bridgehead atoms. The third kappa shape index (κ3) is 7.37. The summed E-state index contributed by atoms with van der Waals surface area (Å²) in [5.74, 6) is 12.8. The first-order valence-electron chi connectivity index (χ1n) is 13.6. The number of halogens is 1. The zero-order valence-corrected chi connectivity index (χ0v) is 25.4. The van der Waals surface area contributed by atoms with Gasteiger partial charge in [0, 0.05) is 27.4 Å². The molecule has 42 heavy (non-hydrogen) atoms. The smallest absolute Gasteiger partial charge is 0.223 e. The Kier molecular flexibility index (Phi) is 10.4. The Balaban J connectivity index is 1.50. The molecule has 1 amide bonds. The molecule has 3 aromatic rings. The number of nitrogens with one attached hydrogen (secondary N) is 3. The molecule has 0 radical (unpaired) electrons. The van der Waals surface area contributed by atoms with Crippen molar-refractivity contribution in [1.82, 2.24) is 5.32 Å². The van der Waals surface area contributed by atoms with Crippen molar-refractivity contribution in [3.8, 4) is 23.7 Å². The predicted molar refractivity (Wildman–Crippen MR) is 171 cm³/mol. The van der Waals surface area contributed by atoms with Crippen LogP contribution in [0.3, 0.4) is 0 Å². The lowest BCUT2D eigenvalue weighted by molar-refractivity contribution is -0.120. The highest BCUT2D eigenvalue weighted by molar-refractivity contribution is 7.17. The van der Waals surface area contributed by atoms with Crippen LogP contribution in [0.5, 0.6) is 0 Å². The maximum absolute atomic E-state index is 13.0. The van der Waals surface area contributed by atoms with E-state index < -0.39 is 6.04 Å². The zero-order chi connectivity index (χ0) is 30.2. The number of aliphatic imine (C=N–C) groups is 1. The number of amidine groups is 2. The summed E-state index contributed by atoms with van der Waals surface area (Å²) in [6.45, 7) is 6.43. The van der Waals surface area contributed by atoms with E-state index in [-0.39, 0.29) is 30.5 Å². The van der Waals surface area contributed by atoms with Gasteiger partial charge in [-0.3, -0.25) is 25.5 Å². The summed E-state index contributed by atoms with van der Waals surface area (Å²) in [5, 5.41) is 21.6. The molecule has 0 unspecified atom stereocenters. The molecule has 0 spiro atoms. The normalized spacial score (nSPS) is 14.1. The first kappa shape index (κ1) is 30.8. The van der Waals surface area contributed by atoms with Gasteiger partial charge in [-0.25, -0.2) is 0 Å². The van der Waals surface area contributed by atoms with Gasteiger partial charge in [0.05, 0.1) is 18.7 Å². The molecule has 1 aliphatic rings. The number of amides is 1. The van der Waals surface area contributed by atoms with Crippen molar-refractivity contribution >= 4 is 51.2 Å². The summed E-state index contributed by atoms with van der Waals surface area (Å²) >= 11 is 7.67. The van der Waals surface area contributed by atoms with Crippen LogP contribution >= 0.6 is 22.9 Å². The molecule has 1 aromatic carbocycles. The number of fused-ring (bicyclic) bond motifs is 1. The molecule has 0 saturated heterocycles. The van der Waals surface area contributed by atoms with Crippen LogP contribution in [0.25, 0.3) is 0 Å². The molecule has 0 fully saturated rings. The van der Waals surface area contributed by atoms with Gasteiger partial charge in [0.25, 0.3) is 0 Å². The second-order valence-corrected chi connectivity index (χ2v) is 11.4. The minimum Gasteiger partial charge on any atom is -0.439 e. The van der Waals surface area contributed by atoms with Crippen molar-refractivity contribution in [1.29, 1.82) is 10.8 Å². The summed E-state index contributed by atoms with van der Waals surface area (Å²) in [4.78, 5) is 20.6. The van der Waals surface area contributed by atoms with Crippen LogP contribution in [0, 0.1) is 48.3 Å². The molecular weight excluding hydrogens is 568 g/mol. The van der Waals surface area contributed by atoms with E-state index in [1.807, 2.05) is 26.0 Å². The average Bonchev–Trinajstić information content (AvgIpc) is 3.49. The van der Waals surface area contributed by atoms with Crippen molar-refractivity contribution in [3.05, 3.63) is 74.5 Å². The van der Waals surface area contributed by atoms with Crippen molar-refractivity contribution in [2.75, 3.05) is 18.0 Å². The van der Waals surface area contributed by atoms with E-state index in [9.17, 15) is 4.79 Å². The Bertz CT molecular complexity index is 1650. The van der Waals surface area contributed by atoms with Gasteiger partial charge >= 0.3 is 0 Å². The van der Waals surface area contributed by atoms with Gasteiger partial charge < -0.3 is 15.5 Å². The number of carbonyl (C=O) groups is 1. The fourth-order valence-electron chi connectivity index (χ4n) is 4.39. The Morgan fingerprint density at radius 2 is 1.83 bits per heavy atom. The van der Waals surface area contributed by atoms with Crippen molar-refractivity contribution in [2.45, 2.75) is 52.5 Å². The van der Waals surface area contributed by atoms with E-state index in [1.165, 1.54) is 11.3 Å². The first-order valence-corrected chi connectivity index (χ1v) is 14.8. The number of thiophene rings is 1. The van der Waals surface area contributed by atoms with Gasteiger partial charge in [0.2, 0.25) is 5.91 Å². The average molecular weight is 601 g/mol.